The Bertz CT molecular complexity index is 1740. The number of benzene rings is 3. The van der Waals surface area contributed by atoms with Crippen LogP contribution in [-0.4, -0.2) is 87.4 Å². The number of carbonyl (C=O) groups excluding carboxylic acids is 2. The Balaban J connectivity index is 1.56. The molecule has 1 heterocycles. The van der Waals surface area contributed by atoms with Crippen molar-refractivity contribution in [3.63, 3.8) is 0 Å². The van der Waals surface area contributed by atoms with Crippen molar-refractivity contribution in [2.75, 3.05) is 63.4 Å². The summed E-state index contributed by atoms with van der Waals surface area (Å²) in [5, 5.41) is 12.0. The molecule has 0 bridgehead atoms. The van der Waals surface area contributed by atoms with E-state index in [1.807, 2.05) is 110 Å². The van der Waals surface area contributed by atoms with Crippen molar-refractivity contribution in [1.82, 2.24) is 15.6 Å². The molecule has 0 spiro atoms. The fraction of sp³-hybridized carbons (Fsp3) is 0.500. The van der Waals surface area contributed by atoms with Gasteiger partial charge in [-0.05, 0) is 91.5 Å². The molecule has 14 nitrogen and oxygen atoms in total. The molecule has 306 valence electrons. The number of nitrogens with zero attached hydrogens (tertiary/aromatic N) is 2. The first-order chi connectivity index (χ1) is 27.1. The number of nitrogens with one attached hydrogen (secondary N) is 4. The predicted molar refractivity (Wildman–Crippen MR) is 224 cm³/mol. The van der Waals surface area contributed by atoms with Crippen LogP contribution in [0.2, 0.25) is 12.1 Å². The smallest absolute Gasteiger partial charge is 0.374 e. The van der Waals surface area contributed by atoms with E-state index < -0.39 is 17.6 Å². The van der Waals surface area contributed by atoms with Crippen molar-refractivity contribution in [1.29, 1.82) is 0 Å². The summed E-state index contributed by atoms with van der Waals surface area (Å²) in [6.07, 6.45) is 1.29. The van der Waals surface area contributed by atoms with Crippen LogP contribution in [0.4, 0.5) is 21.0 Å². The summed E-state index contributed by atoms with van der Waals surface area (Å²) < 4.78 is 37.8. The lowest BCUT2D eigenvalue weighted by atomic mass is 10.1. The number of hydrogen-bond acceptors (Lipinski definition) is 9. The van der Waals surface area contributed by atoms with Gasteiger partial charge in [-0.25, -0.2) is 14.6 Å². The minimum atomic E-state index is -2.80. The second-order valence-electron chi connectivity index (χ2n) is 13.0. The molecule has 4 N–H and O–H groups in total. The van der Waals surface area contributed by atoms with Crippen molar-refractivity contribution in [3.8, 4) is 5.69 Å². The van der Waals surface area contributed by atoms with Crippen LogP contribution in [0.1, 0.15) is 65.5 Å². The molecule has 0 aliphatic rings. The number of aryl methyl sites for hydroxylation is 2. The molecule has 0 saturated carbocycles. The third kappa shape index (κ3) is 12.0. The lowest BCUT2D eigenvalue weighted by molar-refractivity contribution is -0.538. The second kappa shape index (κ2) is 22.1. The van der Waals surface area contributed by atoms with Gasteiger partial charge in [-0.3, -0.25) is 0 Å². The van der Waals surface area contributed by atoms with Crippen LogP contribution in [-0.2, 0) is 26.6 Å². The van der Waals surface area contributed by atoms with E-state index in [9.17, 15) is 9.59 Å². The Morgan fingerprint density at radius 3 is 1.32 bits per heavy atom. The van der Waals surface area contributed by atoms with E-state index in [0.29, 0.717) is 89.0 Å². The SMILES string of the molecule is CCO[Si](CCCNC(=O)Nc1cc2c(cc1C)nc1cc(C)c(NC(=O)NCCC[Si](OCC)(OCC)OCC)cc1[n+]2-c1ccccc1)(OCC)OCC. The zero-order valence-electron chi connectivity index (χ0n) is 34.3. The molecule has 4 amide bonds. The highest BCUT2D eigenvalue weighted by atomic mass is 28.4. The molecule has 0 fully saturated rings. The third-order valence-corrected chi connectivity index (χ3v) is 15.3. The molecule has 0 aliphatic carbocycles. The number of carbonyl (C=O) groups is 2. The molecule has 56 heavy (non-hydrogen) atoms. The number of fused-ring (bicyclic) bond motifs is 2. The number of aromatic nitrogens is 2. The summed E-state index contributed by atoms with van der Waals surface area (Å²) in [7, 11) is -5.60. The van der Waals surface area contributed by atoms with Gasteiger partial charge in [0, 0.05) is 89.1 Å². The van der Waals surface area contributed by atoms with Crippen molar-refractivity contribution in [2.45, 2.75) is 80.3 Å². The molecular formula is C40H61N6O8Si2+. The summed E-state index contributed by atoms with van der Waals surface area (Å²) in [6, 6.07) is 18.4. The third-order valence-electron chi connectivity index (χ3n) is 8.95. The van der Waals surface area contributed by atoms with Gasteiger partial charge in [0.15, 0.2) is 0 Å². The van der Waals surface area contributed by atoms with Gasteiger partial charge in [0.25, 0.3) is 0 Å². The maximum Gasteiger partial charge on any atom is 0.500 e. The molecular weight excluding hydrogens is 749 g/mol. The zero-order chi connectivity index (χ0) is 40.6. The van der Waals surface area contributed by atoms with E-state index in [1.54, 1.807) is 0 Å². The topological polar surface area (TPSA) is 154 Å². The summed E-state index contributed by atoms with van der Waals surface area (Å²) in [5.41, 5.74) is 7.03. The maximum absolute atomic E-state index is 13.2. The highest BCUT2D eigenvalue weighted by molar-refractivity contribution is 6.61. The van der Waals surface area contributed by atoms with Crippen LogP contribution in [0.25, 0.3) is 27.8 Å². The van der Waals surface area contributed by atoms with E-state index in [-0.39, 0.29) is 12.1 Å². The van der Waals surface area contributed by atoms with Gasteiger partial charge >= 0.3 is 29.7 Å². The quantitative estimate of drug-likeness (QED) is 0.0260. The van der Waals surface area contributed by atoms with Crippen LogP contribution in [0.5, 0.6) is 0 Å². The fourth-order valence-corrected chi connectivity index (χ4v) is 11.9. The molecule has 0 aliphatic heterocycles. The lowest BCUT2D eigenvalue weighted by Gasteiger charge is -2.28. The number of amides is 4. The number of para-hydroxylation sites is 1. The van der Waals surface area contributed by atoms with Gasteiger partial charge in [0.05, 0.1) is 11.4 Å². The summed E-state index contributed by atoms with van der Waals surface area (Å²) >= 11 is 0. The van der Waals surface area contributed by atoms with E-state index in [4.69, 9.17) is 31.5 Å². The monoisotopic (exact) mass is 809 g/mol. The number of anilines is 2. The average Bonchev–Trinajstić information content (AvgIpc) is 3.16. The largest absolute Gasteiger partial charge is 0.500 e. The Kier molecular flexibility index (Phi) is 17.6. The van der Waals surface area contributed by atoms with E-state index in [2.05, 4.69) is 25.8 Å². The number of hydrogen-bond donors (Lipinski definition) is 4. The highest BCUT2D eigenvalue weighted by Crippen LogP contribution is 2.28. The molecule has 0 saturated heterocycles. The standard InChI is InChI=1S/C40H60N6O8Si2/c1-9-49-55(50-10-2,51-11-3)24-18-22-41-39(47)44-33-28-37-35(26-30(33)7)43-36-27-31(8)34(29-38(36)46(37)32-20-16-15-17-21-32)45-40(48)42-23-19-25-56(52-12-4,53-13-5)54-14-6/h15-17,20-21,26-29H,9-14,18-19,22-25H2,1-8H3,(H3,41,42,44,45,47,48)/p+1. The van der Waals surface area contributed by atoms with Gasteiger partial charge in [-0.1, -0.05) is 18.2 Å². The Hall–Kier alpha value is -4.01. The molecule has 4 rings (SSSR count). The van der Waals surface area contributed by atoms with Gasteiger partial charge in [0.1, 0.15) is 11.0 Å². The van der Waals surface area contributed by atoms with Crippen molar-refractivity contribution < 1.29 is 40.7 Å². The van der Waals surface area contributed by atoms with Gasteiger partial charge in [-0.2, -0.15) is 0 Å². The molecule has 1 aromatic heterocycles. The van der Waals surface area contributed by atoms with Crippen LogP contribution >= 0.6 is 0 Å². The molecule has 16 heteroatoms. The fourth-order valence-electron chi connectivity index (χ4n) is 6.63. The number of rotatable bonds is 23. The minimum Gasteiger partial charge on any atom is -0.374 e. The minimum absolute atomic E-state index is 0.321. The van der Waals surface area contributed by atoms with Crippen molar-refractivity contribution in [3.05, 3.63) is 65.7 Å². The first-order valence-corrected chi connectivity index (χ1v) is 23.7. The normalized spacial score (nSPS) is 11.9. The molecule has 0 radical (unpaired) electrons. The average molecular weight is 810 g/mol. The molecule has 0 atom stereocenters. The summed E-state index contributed by atoms with van der Waals surface area (Å²) in [6.45, 7) is 19.4. The van der Waals surface area contributed by atoms with Gasteiger partial charge < -0.3 is 47.8 Å². The Morgan fingerprint density at radius 1 is 0.589 bits per heavy atom. The summed E-state index contributed by atoms with van der Waals surface area (Å²) in [5.74, 6) is 0. The first kappa shape index (κ1) is 44.7. The highest BCUT2D eigenvalue weighted by Gasteiger charge is 2.40. The summed E-state index contributed by atoms with van der Waals surface area (Å²) in [4.78, 5) is 31.4. The van der Waals surface area contributed by atoms with Crippen LogP contribution < -0.4 is 25.8 Å². The molecule has 0 unspecified atom stereocenters. The Morgan fingerprint density at radius 2 is 0.964 bits per heavy atom. The Labute approximate surface area is 333 Å². The van der Waals surface area contributed by atoms with Crippen LogP contribution in [0.15, 0.2) is 54.6 Å². The number of urea groups is 2. The lowest BCUT2D eigenvalue weighted by Crippen LogP contribution is -2.46. The predicted octanol–water partition coefficient (Wildman–Crippen LogP) is 7.40. The molecule has 4 aromatic rings. The first-order valence-electron chi connectivity index (χ1n) is 19.9. The maximum atomic E-state index is 13.2. The van der Waals surface area contributed by atoms with Crippen molar-refractivity contribution in [2.24, 2.45) is 0 Å². The van der Waals surface area contributed by atoms with E-state index >= 15 is 0 Å². The van der Waals surface area contributed by atoms with Crippen LogP contribution in [0, 0.1) is 13.8 Å². The van der Waals surface area contributed by atoms with Crippen LogP contribution in [0.3, 0.4) is 0 Å². The van der Waals surface area contributed by atoms with E-state index in [0.717, 1.165) is 38.9 Å². The zero-order valence-corrected chi connectivity index (χ0v) is 36.3. The second-order valence-corrected chi connectivity index (χ2v) is 18.5. The molecule has 3 aromatic carbocycles. The van der Waals surface area contributed by atoms with Gasteiger partial charge in [0.2, 0.25) is 16.7 Å². The van der Waals surface area contributed by atoms with Crippen molar-refractivity contribution >= 4 is 63.1 Å². The van der Waals surface area contributed by atoms with E-state index in [1.165, 1.54) is 0 Å². The van der Waals surface area contributed by atoms with Gasteiger partial charge in [-0.15, -0.1) is 4.57 Å².